The van der Waals surface area contributed by atoms with Crippen molar-refractivity contribution in [2.75, 3.05) is 33.9 Å². The lowest BCUT2D eigenvalue weighted by atomic mass is 9.85. The monoisotopic (exact) mass is 814 g/mol. The number of nitrogens with zero attached hydrogens (tertiary/aromatic N) is 1. The van der Waals surface area contributed by atoms with E-state index in [0.717, 1.165) is 49.1 Å². The molecule has 2 amide bonds. The summed E-state index contributed by atoms with van der Waals surface area (Å²) in [6.07, 6.45) is 8.36. The number of rotatable bonds is 15. The maximum Gasteiger partial charge on any atom is 0.405 e. The predicted octanol–water partition coefficient (Wildman–Crippen LogP) is 2.58. The molecule has 320 valence electrons. The zero-order valence-electron chi connectivity index (χ0n) is 34.2. The zero-order valence-corrected chi connectivity index (χ0v) is 34.2. The Kier molecular flexibility index (Phi) is 19.2. The van der Waals surface area contributed by atoms with Crippen molar-refractivity contribution in [2.45, 2.75) is 104 Å². The summed E-state index contributed by atoms with van der Waals surface area (Å²) in [5, 5.41) is 20.5. The number of hydrogen-bond acceptors (Lipinski definition) is 12. The van der Waals surface area contributed by atoms with E-state index >= 15 is 0 Å². The van der Waals surface area contributed by atoms with Gasteiger partial charge in [0, 0.05) is 50.4 Å². The van der Waals surface area contributed by atoms with Crippen LogP contribution in [0.4, 0.5) is 9.18 Å². The third-order valence-corrected chi connectivity index (χ3v) is 10.1. The van der Waals surface area contributed by atoms with E-state index in [1.807, 2.05) is 11.9 Å². The molecule has 0 radical (unpaired) electrons. The Bertz CT molecular complexity index is 1900. The number of fused-ring (bicyclic) bond motifs is 2. The molecule has 0 aromatic carbocycles. The van der Waals surface area contributed by atoms with Crippen molar-refractivity contribution in [3.05, 3.63) is 91.3 Å². The van der Waals surface area contributed by atoms with Gasteiger partial charge < -0.3 is 41.0 Å². The molecular formula is C41H59FN6O10. The minimum Gasteiger partial charge on any atom is -0.439 e. The van der Waals surface area contributed by atoms with Gasteiger partial charge in [-0.05, 0) is 70.5 Å². The molecule has 1 aromatic heterocycles. The highest BCUT2D eigenvalue weighted by molar-refractivity contribution is 6.23. The summed E-state index contributed by atoms with van der Waals surface area (Å²) in [5.74, 6) is -3.26. The number of unbranched alkanes of at least 4 members (excludes halogenated alkanes) is 3. The van der Waals surface area contributed by atoms with Crippen LogP contribution >= 0.6 is 0 Å². The van der Waals surface area contributed by atoms with E-state index in [1.165, 1.54) is 20.3 Å². The fourth-order valence-corrected chi connectivity index (χ4v) is 6.87. The number of aryl methyl sites for hydroxylation is 1. The number of primary amides is 1. The molecule has 0 spiro atoms. The first-order valence-corrected chi connectivity index (χ1v) is 19.6. The van der Waals surface area contributed by atoms with Gasteiger partial charge in [0.05, 0.1) is 29.8 Å². The van der Waals surface area contributed by atoms with Crippen LogP contribution < -0.4 is 32.9 Å². The lowest BCUT2D eigenvalue weighted by Crippen LogP contribution is -2.38. The van der Waals surface area contributed by atoms with Crippen LogP contribution in [0.5, 0.6) is 0 Å². The van der Waals surface area contributed by atoms with Gasteiger partial charge in [0.15, 0.2) is 6.10 Å². The number of amides is 2. The molecule has 0 saturated heterocycles. The summed E-state index contributed by atoms with van der Waals surface area (Å²) < 4.78 is 31.3. The largest absolute Gasteiger partial charge is 0.439 e. The molecule has 1 aromatic rings. The summed E-state index contributed by atoms with van der Waals surface area (Å²) in [6.45, 7) is 8.99. The minimum absolute atomic E-state index is 0.149. The number of halogens is 1. The second kappa shape index (κ2) is 23.4. The van der Waals surface area contributed by atoms with Gasteiger partial charge >= 0.3 is 11.8 Å². The van der Waals surface area contributed by atoms with Crippen LogP contribution in [0.1, 0.15) is 72.6 Å². The Labute approximate surface area is 337 Å². The molecule has 3 rings (SSSR count). The number of aliphatic hydroxyl groups excluding tert-OH is 1. The van der Waals surface area contributed by atoms with Gasteiger partial charge in [-0.15, -0.1) is 0 Å². The maximum atomic E-state index is 14.0. The average molecular weight is 815 g/mol. The van der Waals surface area contributed by atoms with Crippen LogP contribution in [0, 0.1) is 17.7 Å². The van der Waals surface area contributed by atoms with E-state index in [2.05, 4.69) is 16.0 Å². The number of H-pyrrole nitrogens is 1. The van der Waals surface area contributed by atoms with Crippen LogP contribution in [0.2, 0.25) is 0 Å². The minimum atomic E-state index is -1.04. The Morgan fingerprint density at radius 3 is 2.38 bits per heavy atom. The standard InChI is InChI=1S/C41H59FN6O10/c1-24-19-28-34(45-17-10-8-7-9-15-44-16-12-18-48-23-29(42)39(53)47-41(48)55)31(49)22-30(36(28)51)46-38(52)25(2)13-11-14-32(56-5)37(58-40(43)54)27(4)21-26(3)35(50)33(20-24)57-6/h11,13-14,21-24,26,32-33,35,37,44-45,50H,7-10,12,15-20H2,1-6H3,(H2,43,54)(H,46,52)(H,47,53,55)/b14-11-,25-13+,27-21+/t24-,26+,32+,33+,35+,37+/m1/s1. The number of aromatic amines is 1. The molecule has 7 N–H and O–H groups in total. The Morgan fingerprint density at radius 2 is 1.71 bits per heavy atom. The number of nitrogens with two attached hydrogens (primary N) is 1. The van der Waals surface area contributed by atoms with Crippen LogP contribution in [0.25, 0.3) is 0 Å². The average Bonchev–Trinajstić information content (AvgIpc) is 3.17. The Hall–Kier alpha value is -4.97. The number of allylic oxidation sites excluding steroid dienone is 4. The maximum absolute atomic E-state index is 14.0. The first-order valence-electron chi connectivity index (χ1n) is 19.6. The predicted molar refractivity (Wildman–Crippen MR) is 215 cm³/mol. The Balaban J connectivity index is 1.70. The van der Waals surface area contributed by atoms with E-state index in [0.29, 0.717) is 31.5 Å². The van der Waals surface area contributed by atoms with Crippen molar-refractivity contribution in [1.82, 2.24) is 25.5 Å². The van der Waals surface area contributed by atoms with Crippen molar-refractivity contribution < 1.29 is 42.9 Å². The quantitative estimate of drug-likeness (QED) is 0.0853. The lowest BCUT2D eigenvalue weighted by molar-refractivity contribution is -0.120. The number of aromatic nitrogens is 2. The topological polar surface area (TPSA) is 233 Å². The molecule has 2 heterocycles. The second-order valence-electron chi connectivity index (χ2n) is 14.8. The molecule has 1 aliphatic carbocycles. The molecule has 58 heavy (non-hydrogen) atoms. The third kappa shape index (κ3) is 14.1. The number of hydrogen-bond donors (Lipinski definition) is 6. The number of ketones is 2. The van der Waals surface area contributed by atoms with E-state index < -0.39 is 71.0 Å². The molecule has 2 bridgehead atoms. The first-order chi connectivity index (χ1) is 27.6. The molecular weight excluding hydrogens is 755 g/mol. The highest BCUT2D eigenvalue weighted by atomic mass is 19.1. The normalized spacial score (nSPS) is 26.2. The number of aliphatic hydroxyl groups is 1. The summed E-state index contributed by atoms with van der Waals surface area (Å²) >= 11 is 0. The molecule has 6 atom stereocenters. The highest BCUT2D eigenvalue weighted by Crippen LogP contribution is 2.29. The van der Waals surface area contributed by atoms with E-state index in [-0.39, 0.29) is 41.4 Å². The first kappa shape index (κ1) is 47.4. The van der Waals surface area contributed by atoms with Gasteiger partial charge in [0.2, 0.25) is 17.4 Å². The second-order valence-corrected chi connectivity index (χ2v) is 14.8. The van der Waals surface area contributed by atoms with E-state index in [1.54, 1.807) is 39.0 Å². The third-order valence-electron chi connectivity index (χ3n) is 10.1. The number of methoxy groups -OCH3 is 2. The summed E-state index contributed by atoms with van der Waals surface area (Å²) in [7, 11) is 2.91. The van der Waals surface area contributed by atoms with Crippen molar-refractivity contribution >= 4 is 23.6 Å². The highest BCUT2D eigenvalue weighted by Gasteiger charge is 2.33. The smallest absolute Gasteiger partial charge is 0.405 e. The molecule has 16 nitrogen and oxygen atoms in total. The van der Waals surface area contributed by atoms with Gasteiger partial charge in [-0.1, -0.05) is 51.0 Å². The summed E-state index contributed by atoms with van der Waals surface area (Å²) in [4.78, 5) is 77.5. The van der Waals surface area contributed by atoms with Gasteiger partial charge in [0.1, 0.15) is 6.10 Å². The van der Waals surface area contributed by atoms with Crippen LogP contribution in [-0.4, -0.2) is 96.5 Å². The van der Waals surface area contributed by atoms with Gasteiger partial charge in [-0.2, -0.15) is 4.39 Å². The molecule has 2 aliphatic rings. The molecule has 0 unspecified atom stereocenters. The molecule has 0 fully saturated rings. The summed E-state index contributed by atoms with van der Waals surface area (Å²) in [5.41, 5.74) is 4.74. The number of ether oxygens (including phenoxy) is 3. The van der Waals surface area contributed by atoms with Crippen molar-refractivity contribution in [2.24, 2.45) is 17.6 Å². The molecule has 17 heteroatoms. The van der Waals surface area contributed by atoms with Crippen LogP contribution in [0.15, 0.2) is 74.3 Å². The Morgan fingerprint density at radius 1 is 1.02 bits per heavy atom. The number of carbonyl (C=O) groups is 4. The molecule has 1 aliphatic heterocycles. The van der Waals surface area contributed by atoms with Crippen molar-refractivity contribution in [3.8, 4) is 0 Å². The fourth-order valence-electron chi connectivity index (χ4n) is 6.87. The lowest BCUT2D eigenvalue weighted by Gasteiger charge is -2.30. The van der Waals surface area contributed by atoms with Gasteiger partial charge in [-0.3, -0.25) is 28.7 Å². The van der Waals surface area contributed by atoms with Crippen molar-refractivity contribution in [1.29, 1.82) is 0 Å². The van der Waals surface area contributed by atoms with Crippen LogP contribution in [-0.2, 0) is 35.1 Å². The molecule has 0 saturated carbocycles. The fraction of sp³-hybridized carbons (Fsp3) is 0.561. The summed E-state index contributed by atoms with van der Waals surface area (Å²) in [6, 6.07) is 0. The van der Waals surface area contributed by atoms with E-state index in [4.69, 9.17) is 19.9 Å². The number of carbonyl (C=O) groups excluding carboxylic acids is 4. The van der Waals surface area contributed by atoms with Crippen molar-refractivity contribution in [3.63, 3.8) is 0 Å². The number of Topliss-reactive ketones (excluding diaryl/α,β-unsaturated/α-hetero) is 1. The number of nitrogens with one attached hydrogen (secondary N) is 4. The van der Waals surface area contributed by atoms with Crippen LogP contribution in [0.3, 0.4) is 0 Å². The van der Waals surface area contributed by atoms with Gasteiger partial charge in [-0.25, -0.2) is 9.59 Å². The SMILES string of the molecule is CO[C@H]1/C=C\C=C(/C)C(=O)NC2=CC(=O)C(NCCCCCCNCCCn3cc(F)c(=O)[nH]c3=O)=C(C[C@@H](C)C[C@H](OC)[C@@H](O)[C@@H](C)/C=C(\C)[C@@H]1OC(N)=O)C2=O. The van der Waals surface area contributed by atoms with E-state index in [9.17, 15) is 38.3 Å². The zero-order chi connectivity index (χ0) is 42.9. The van der Waals surface area contributed by atoms with Gasteiger partial charge in [0.25, 0.3) is 11.5 Å².